The standard InChI is InChI=1S/C14H28N2O4/c1-6-12(7-2)16(8-9-20-5)14(19)15(4)10-11(3)13(17)18/h11-12H,6-10H2,1-5H3,(H,17,18). The zero-order chi connectivity index (χ0) is 15.7. The summed E-state index contributed by atoms with van der Waals surface area (Å²) in [6.07, 6.45) is 1.74. The van der Waals surface area contributed by atoms with Crippen molar-refractivity contribution in [2.24, 2.45) is 5.92 Å². The second kappa shape index (κ2) is 9.58. The van der Waals surface area contributed by atoms with Gasteiger partial charge in [0, 0.05) is 33.3 Å². The summed E-state index contributed by atoms with van der Waals surface area (Å²) in [5.74, 6) is -1.47. The number of rotatable bonds is 9. The molecule has 0 spiro atoms. The highest BCUT2D eigenvalue weighted by Gasteiger charge is 2.25. The van der Waals surface area contributed by atoms with E-state index in [2.05, 4.69) is 0 Å². The minimum absolute atomic E-state index is 0.135. The van der Waals surface area contributed by atoms with E-state index in [1.54, 1.807) is 26.0 Å². The molecule has 0 rings (SSSR count). The number of hydrogen-bond acceptors (Lipinski definition) is 3. The normalized spacial score (nSPS) is 12.3. The fourth-order valence-electron chi connectivity index (χ4n) is 2.14. The van der Waals surface area contributed by atoms with Crippen molar-refractivity contribution in [2.45, 2.75) is 39.7 Å². The number of nitrogens with zero attached hydrogens (tertiary/aromatic N) is 2. The number of aliphatic carboxylic acids is 1. The molecule has 0 aliphatic heterocycles. The number of methoxy groups -OCH3 is 1. The Morgan fingerprint density at radius 1 is 1.25 bits per heavy atom. The molecule has 0 fully saturated rings. The Kier molecular flexibility index (Phi) is 8.96. The minimum atomic E-state index is -0.893. The van der Waals surface area contributed by atoms with Crippen LogP contribution in [-0.4, -0.2) is 66.8 Å². The first kappa shape index (κ1) is 18.7. The van der Waals surface area contributed by atoms with E-state index in [1.165, 1.54) is 4.90 Å². The van der Waals surface area contributed by atoms with Crippen LogP contribution >= 0.6 is 0 Å². The Morgan fingerprint density at radius 2 is 1.80 bits per heavy atom. The molecule has 0 radical (unpaired) electrons. The van der Waals surface area contributed by atoms with Crippen LogP contribution in [0, 0.1) is 5.92 Å². The van der Waals surface area contributed by atoms with Crippen molar-refractivity contribution < 1.29 is 19.4 Å². The Balaban J connectivity index is 4.78. The summed E-state index contributed by atoms with van der Waals surface area (Å²) < 4.78 is 5.05. The summed E-state index contributed by atoms with van der Waals surface area (Å²) in [7, 11) is 3.25. The summed E-state index contributed by atoms with van der Waals surface area (Å²) in [6, 6.07) is 0.0177. The van der Waals surface area contributed by atoms with Crippen molar-refractivity contribution >= 4 is 12.0 Å². The maximum atomic E-state index is 12.5. The number of ether oxygens (including phenoxy) is 1. The van der Waals surface area contributed by atoms with Gasteiger partial charge in [0.25, 0.3) is 0 Å². The molecular weight excluding hydrogens is 260 g/mol. The van der Waals surface area contributed by atoms with Crippen LogP contribution in [0.15, 0.2) is 0 Å². The summed E-state index contributed by atoms with van der Waals surface area (Å²) in [5.41, 5.74) is 0. The van der Waals surface area contributed by atoms with E-state index in [0.717, 1.165) is 12.8 Å². The Bertz CT molecular complexity index is 306. The largest absolute Gasteiger partial charge is 0.481 e. The van der Waals surface area contributed by atoms with Crippen molar-refractivity contribution in [2.75, 3.05) is 33.9 Å². The van der Waals surface area contributed by atoms with Crippen molar-refractivity contribution in [1.82, 2.24) is 9.80 Å². The highest BCUT2D eigenvalue weighted by atomic mass is 16.5. The molecule has 118 valence electrons. The van der Waals surface area contributed by atoms with Crippen molar-refractivity contribution in [3.8, 4) is 0 Å². The monoisotopic (exact) mass is 288 g/mol. The molecule has 2 amide bonds. The Morgan fingerprint density at radius 3 is 2.20 bits per heavy atom. The summed E-state index contributed by atoms with van der Waals surface area (Å²) in [4.78, 5) is 26.6. The highest BCUT2D eigenvalue weighted by Crippen LogP contribution is 2.12. The van der Waals surface area contributed by atoms with Gasteiger partial charge in [-0.05, 0) is 12.8 Å². The van der Waals surface area contributed by atoms with Crippen molar-refractivity contribution in [3.63, 3.8) is 0 Å². The number of carbonyl (C=O) groups excluding carboxylic acids is 1. The fraction of sp³-hybridized carbons (Fsp3) is 0.857. The van der Waals surface area contributed by atoms with E-state index in [9.17, 15) is 9.59 Å². The number of hydrogen-bond donors (Lipinski definition) is 1. The second-order valence-corrected chi connectivity index (χ2v) is 5.06. The molecule has 6 nitrogen and oxygen atoms in total. The predicted octanol–water partition coefficient (Wildman–Crippen LogP) is 1.90. The quantitative estimate of drug-likeness (QED) is 0.703. The molecule has 0 aliphatic rings. The summed E-state index contributed by atoms with van der Waals surface area (Å²) in [6.45, 7) is 6.89. The molecule has 6 heteroatoms. The van der Waals surface area contributed by atoms with Gasteiger partial charge in [-0.15, -0.1) is 0 Å². The first-order chi connectivity index (χ1) is 9.38. The van der Waals surface area contributed by atoms with E-state index in [-0.39, 0.29) is 18.6 Å². The van der Waals surface area contributed by atoms with Gasteiger partial charge in [0.2, 0.25) is 0 Å². The smallest absolute Gasteiger partial charge is 0.320 e. The zero-order valence-corrected chi connectivity index (χ0v) is 13.3. The highest BCUT2D eigenvalue weighted by molar-refractivity contribution is 5.76. The van der Waals surface area contributed by atoms with Crippen molar-refractivity contribution in [1.29, 1.82) is 0 Å². The third-order valence-corrected chi connectivity index (χ3v) is 3.46. The lowest BCUT2D eigenvalue weighted by molar-refractivity contribution is -0.141. The maximum absolute atomic E-state index is 12.5. The van der Waals surface area contributed by atoms with E-state index in [4.69, 9.17) is 9.84 Å². The van der Waals surface area contributed by atoms with Crippen LogP contribution < -0.4 is 0 Å². The molecule has 0 aliphatic carbocycles. The minimum Gasteiger partial charge on any atom is -0.481 e. The lowest BCUT2D eigenvalue weighted by Gasteiger charge is -2.34. The predicted molar refractivity (Wildman–Crippen MR) is 77.8 cm³/mol. The van der Waals surface area contributed by atoms with Crippen LogP contribution in [-0.2, 0) is 9.53 Å². The average molecular weight is 288 g/mol. The zero-order valence-electron chi connectivity index (χ0n) is 13.3. The van der Waals surface area contributed by atoms with Gasteiger partial charge in [0.15, 0.2) is 0 Å². The Hall–Kier alpha value is -1.30. The van der Waals surface area contributed by atoms with Gasteiger partial charge >= 0.3 is 12.0 Å². The van der Waals surface area contributed by atoms with Crippen LogP contribution in [0.5, 0.6) is 0 Å². The van der Waals surface area contributed by atoms with Crippen LogP contribution in [0.2, 0.25) is 0 Å². The van der Waals surface area contributed by atoms with Crippen LogP contribution in [0.3, 0.4) is 0 Å². The number of carbonyl (C=O) groups is 2. The molecule has 0 saturated heterocycles. The van der Waals surface area contributed by atoms with Gasteiger partial charge in [-0.2, -0.15) is 0 Å². The van der Waals surface area contributed by atoms with E-state index >= 15 is 0 Å². The molecule has 0 bridgehead atoms. The first-order valence-corrected chi connectivity index (χ1v) is 7.12. The molecule has 0 saturated carbocycles. The number of urea groups is 1. The SMILES string of the molecule is CCC(CC)N(CCOC)C(=O)N(C)CC(C)C(=O)O. The topological polar surface area (TPSA) is 70.1 Å². The van der Waals surface area contributed by atoms with Gasteiger partial charge in [0.05, 0.1) is 12.5 Å². The van der Waals surface area contributed by atoms with Crippen LogP contribution in [0.4, 0.5) is 4.79 Å². The molecule has 1 unspecified atom stereocenters. The molecule has 0 aromatic heterocycles. The molecule has 1 atom stereocenters. The Labute approximate surface area is 121 Å². The molecule has 1 N–H and O–H groups in total. The number of amides is 2. The molecule has 0 aromatic rings. The third kappa shape index (κ3) is 5.77. The van der Waals surface area contributed by atoms with E-state index in [0.29, 0.717) is 13.2 Å². The summed E-state index contributed by atoms with van der Waals surface area (Å²) >= 11 is 0. The van der Waals surface area contributed by atoms with Gasteiger partial charge in [0.1, 0.15) is 0 Å². The summed E-state index contributed by atoms with van der Waals surface area (Å²) in [5, 5.41) is 8.92. The third-order valence-electron chi connectivity index (χ3n) is 3.46. The van der Waals surface area contributed by atoms with Gasteiger partial charge in [-0.1, -0.05) is 20.8 Å². The molecule has 0 heterocycles. The van der Waals surface area contributed by atoms with Crippen LogP contribution in [0.25, 0.3) is 0 Å². The fourth-order valence-corrected chi connectivity index (χ4v) is 2.14. The van der Waals surface area contributed by atoms with E-state index in [1.807, 2.05) is 13.8 Å². The molecular formula is C14H28N2O4. The maximum Gasteiger partial charge on any atom is 0.320 e. The lowest BCUT2D eigenvalue weighted by Crippen LogP contribution is -2.49. The number of carboxylic acid groups (broad SMARTS) is 1. The van der Waals surface area contributed by atoms with Gasteiger partial charge < -0.3 is 19.6 Å². The van der Waals surface area contributed by atoms with E-state index < -0.39 is 11.9 Å². The first-order valence-electron chi connectivity index (χ1n) is 7.12. The average Bonchev–Trinajstić information content (AvgIpc) is 2.42. The van der Waals surface area contributed by atoms with Gasteiger partial charge in [-0.3, -0.25) is 4.79 Å². The van der Waals surface area contributed by atoms with Crippen LogP contribution in [0.1, 0.15) is 33.6 Å². The number of carboxylic acids is 1. The molecule has 20 heavy (non-hydrogen) atoms. The van der Waals surface area contributed by atoms with Crippen molar-refractivity contribution in [3.05, 3.63) is 0 Å². The molecule has 0 aromatic carbocycles. The lowest BCUT2D eigenvalue weighted by atomic mass is 10.1. The second-order valence-electron chi connectivity index (χ2n) is 5.06. The van der Waals surface area contributed by atoms with Gasteiger partial charge in [-0.25, -0.2) is 4.79 Å².